The Morgan fingerprint density at radius 1 is 1.33 bits per heavy atom. The summed E-state index contributed by atoms with van der Waals surface area (Å²) in [7, 11) is 0. The summed E-state index contributed by atoms with van der Waals surface area (Å²) < 4.78 is 19.7. The molecule has 2 N–H and O–H groups in total. The van der Waals surface area contributed by atoms with Gasteiger partial charge in [0.25, 0.3) is 0 Å². The lowest BCUT2D eigenvalue weighted by Gasteiger charge is -2.23. The first-order valence-electron chi connectivity index (χ1n) is 8.23. The number of amides is 1. The van der Waals surface area contributed by atoms with Gasteiger partial charge in [0, 0.05) is 32.7 Å². The van der Waals surface area contributed by atoms with Gasteiger partial charge in [-0.2, -0.15) is 5.06 Å². The molecule has 1 aromatic carbocycles. The summed E-state index contributed by atoms with van der Waals surface area (Å²) in [5.41, 5.74) is 6.53. The third-order valence-electron chi connectivity index (χ3n) is 4.33. The van der Waals surface area contributed by atoms with E-state index in [2.05, 4.69) is 0 Å². The molecular weight excluding hydrogens is 315 g/mol. The number of hydrogen-bond donors (Lipinski definition) is 1. The fourth-order valence-corrected chi connectivity index (χ4v) is 2.95. The SMILES string of the molecule is CCN1CCN(c2ccc(N3C[C@H](CN)OC3=O)cc2F)CCO1. The van der Waals surface area contributed by atoms with Gasteiger partial charge in [-0.05, 0) is 18.2 Å². The summed E-state index contributed by atoms with van der Waals surface area (Å²) in [4.78, 5) is 20.8. The highest BCUT2D eigenvalue weighted by Crippen LogP contribution is 2.28. The van der Waals surface area contributed by atoms with Crippen LogP contribution in [0.5, 0.6) is 0 Å². The molecule has 0 unspecified atom stereocenters. The van der Waals surface area contributed by atoms with Crippen molar-refractivity contribution in [2.45, 2.75) is 13.0 Å². The second-order valence-corrected chi connectivity index (χ2v) is 5.83. The number of carbonyl (C=O) groups is 1. The maximum atomic E-state index is 14.6. The zero-order valence-corrected chi connectivity index (χ0v) is 13.8. The Kier molecular flexibility index (Phi) is 5.17. The Morgan fingerprint density at radius 2 is 2.17 bits per heavy atom. The van der Waals surface area contributed by atoms with Crippen LogP contribution in [-0.2, 0) is 9.57 Å². The molecule has 2 aliphatic heterocycles. The van der Waals surface area contributed by atoms with Crippen LogP contribution in [0.4, 0.5) is 20.6 Å². The molecule has 2 heterocycles. The normalized spacial score (nSPS) is 22.6. The van der Waals surface area contributed by atoms with Crippen molar-refractivity contribution >= 4 is 17.5 Å². The average Bonchev–Trinajstić information content (AvgIpc) is 2.81. The van der Waals surface area contributed by atoms with E-state index in [0.29, 0.717) is 44.2 Å². The van der Waals surface area contributed by atoms with E-state index in [0.717, 1.165) is 6.54 Å². The van der Waals surface area contributed by atoms with Gasteiger partial charge >= 0.3 is 6.09 Å². The zero-order chi connectivity index (χ0) is 17.1. The minimum absolute atomic E-state index is 0.254. The number of halogens is 1. The largest absolute Gasteiger partial charge is 0.443 e. The number of hydrogen-bond acceptors (Lipinski definition) is 6. The number of cyclic esters (lactones) is 1. The molecule has 2 fully saturated rings. The fourth-order valence-electron chi connectivity index (χ4n) is 2.95. The van der Waals surface area contributed by atoms with Crippen molar-refractivity contribution < 1.29 is 18.8 Å². The van der Waals surface area contributed by atoms with Crippen LogP contribution in [0.3, 0.4) is 0 Å². The van der Waals surface area contributed by atoms with Crippen molar-refractivity contribution in [2.75, 3.05) is 55.7 Å². The first-order chi connectivity index (χ1) is 11.6. The predicted octanol–water partition coefficient (Wildman–Crippen LogP) is 1.18. The zero-order valence-electron chi connectivity index (χ0n) is 13.8. The molecule has 2 aliphatic rings. The van der Waals surface area contributed by atoms with Crippen molar-refractivity contribution in [3.63, 3.8) is 0 Å². The maximum absolute atomic E-state index is 14.6. The molecule has 1 atom stereocenters. The van der Waals surface area contributed by atoms with Crippen LogP contribution in [-0.4, -0.2) is 63.1 Å². The van der Waals surface area contributed by atoms with Crippen molar-refractivity contribution in [2.24, 2.45) is 5.73 Å². The number of rotatable bonds is 4. The second-order valence-electron chi connectivity index (χ2n) is 5.83. The van der Waals surface area contributed by atoms with E-state index in [1.165, 1.54) is 11.0 Å². The van der Waals surface area contributed by atoms with E-state index in [1.54, 1.807) is 12.1 Å². The third kappa shape index (κ3) is 3.45. The number of anilines is 2. The standard InChI is InChI=1S/C16H23FN4O3/c1-2-20-6-5-19(7-8-23-20)15-4-3-12(9-14(15)17)21-11-13(10-18)24-16(21)22/h3-4,9,13H,2,5-8,10-11,18H2,1H3/t13-/m0/s1. The van der Waals surface area contributed by atoms with Crippen molar-refractivity contribution in [1.82, 2.24) is 5.06 Å². The first-order valence-corrected chi connectivity index (χ1v) is 8.23. The molecule has 132 valence electrons. The van der Waals surface area contributed by atoms with Gasteiger partial charge in [0.15, 0.2) is 0 Å². The second kappa shape index (κ2) is 7.33. The fraction of sp³-hybridized carbons (Fsp3) is 0.562. The topological polar surface area (TPSA) is 71.3 Å². The highest BCUT2D eigenvalue weighted by atomic mass is 19.1. The average molecular weight is 338 g/mol. The van der Waals surface area contributed by atoms with Crippen LogP contribution in [0, 0.1) is 5.82 Å². The molecule has 0 spiro atoms. The number of nitrogens with two attached hydrogens (primary N) is 1. The summed E-state index contributed by atoms with van der Waals surface area (Å²) in [5.74, 6) is -0.360. The van der Waals surface area contributed by atoms with Crippen LogP contribution in [0.2, 0.25) is 0 Å². The molecule has 2 saturated heterocycles. The van der Waals surface area contributed by atoms with Crippen LogP contribution in [0.25, 0.3) is 0 Å². The van der Waals surface area contributed by atoms with Crippen LogP contribution in [0.1, 0.15) is 6.92 Å². The number of ether oxygens (including phenoxy) is 1. The lowest BCUT2D eigenvalue weighted by molar-refractivity contribution is -0.143. The van der Waals surface area contributed by atoms with E-state index in [-0.39, 0.29) is 18.5 Å². The Hall–Kier alpha value is -1.90. The highest BCUT2D eigenvalue weighted by Gasteiger charge is 2.32. The number of likely N-dealkylation sites (N-methyl/N-ethyl adjacent to an activating group) is 1. The minimum Gasteiger partial charge on any atom is -0.443 e. The third-order valence-corrected chi connectivity index (χ3v) is 4.33. The van der Waals surface area contributed by atoms with Gasteiger partial charge in [-0.1, -0.05) is 6.92 Å². The summed E-state index contributed by atoms with van der Waals surface area (Å²) >= 11 is 0. The highest BCUT2D eigenvalue weighted by molar-refractivity contribution is 5.90. The Labute approximate surface area is 140 Å². The molecule has 3 rings (SSSR count). The molecule has 24 heavy (non-hydrogen) atoms. The van der Waals surface area contributed by atoms with Gasteiger partial charge in [-0.25, -0.2) is 9.18 Å². The van der Waals surface area contributed by atoms with Gasteiger partial charge in [-0.3, -0.25) is 9.74 Å². The molecule has 0 aliphatic carbocycles. The van der Waals surface area contributed by atoms with E-state index >= 15 is 0 Å². The predicted molar refractivity (Wildman–Crippen MR) is 88.5 cm³/mol. The maximum Gasteiger partial charge on any atom is 0.414 e. The van der Waals surface area contributed by atoms with Gasteiger partial charge in [0.05, 0.1) is 24.5 Å². The van der Waals surface area contributed by atoms with Crippen LogP contribution in [0.15, 0.2) is 18.2 Å². The number of benzene rings is 1. The quantitative estimate of drug-likeness (QED) is 0.889. The molecule has 0 saturated carbocycles. The number of carbonyl (C=O) groups excluding carboxylic acids is 1. The van der Waals surface area contributed by atoms with Gasteiger partial charge in [0.1, 0.15) is 11.9 Å². The first kappa shape index (κ1) is 16.9. The minimum atomic E-state index is -0.487. The lowest BCUT2D eigenvalue weighted by atomic mass is 10.2. The molecular formula is C16H23FN4O3. The van der Waals surface area contributed by atoms with Gasteiger partial charge in [-0.15, -0.1) is 0 Å². The van der Waals surface area contributed by atoms with Crippen molar-refractivity contribution in [1.29, 1.82) is 0 Å². The van der Waals surface area contributed by atoms with Crippen LogP contribution >= 0.6 is 0 Å². The van der Waals surface area contributed by atoms with E-state index in [9.17, 15) is 9.18 Å². The van der Waals surface area contributed by atoms with E-state index < -0.39 is 6.09 Å². The molecule has 8 heteroatoms. The van der Waals surface area contributed by atoms with E-state index in [1.807, 2.05) is 16.9 Å². The molecule has 0 bridgehead atoms. The Morgan fingerprint density at radius 3 is 2.83 bits per heavy atom. The Balaban J connectivity index is 1.74. The van der Waals surface area contributed by atoms with Crippen molar-refractivity contribution in [3.05, 3.63) is 24.0 Å². The lowest BCUT2D eigenvalue weighted by Crippen LogP contribution is -2.31. The van der Waals surface area contributed by atoms with E-state index in [4.69, 9.17) is 15.3 Å². The molecule has 1 amide bonds. The van der Waals surface area contributed by atoms with Crippen molar-refractivity contribution in [3.8, 4) is 0 Å². The summed E-state index contributed by atoms with van der Waals surface area (Å²) in [5, 5.41) is 1.87. The Bertz CT molecular complexity index is 601. The monoisotopic (exact) mass is 338 g/mol. The molecule has 7 nitrogen and oxygen atoms in total. The van der Waals surface area contributed by atoms with Gasteiger partial charge < -0.3 is 15.4 Å². The molecule has 0 radical (unpaired) electrons. The van der Waals surface area contributed by atoms with Gasteiger partial charge in [0.2, 0.25) is 0 Å². The summed E-state index contributed by atoms with van der Waals surface area (Å²) in [6, 6.07) is 4.82. The summed E-state index contributed by atoms with van der Waals surface area (Å²) in [6.45, 7) is 5.96. The smallest absolute Gasteiger partial charge is 0.414 e. The van der Waals surface area contributed by atoms with Crippen LogP contribution < -0.4 is 15.5 Å². The molecule has 1 aromatic rings. The number of hydroxylamine groups is 2. The number of nitrogens with zero attached hydrogens (tertiary/aromatic N) is 3. The molecule has 0 aromatic heterocycles. The summed E-state index contributed by atoms with van der Waals surface area (Å²) in [6.07, 6.45) is -0.831.